The van der Waals surface area contributed by atoms with Crippen LogP contribution in [0.2, 0.25) is 0 Å². The average molecular weight is 632 g/mol. The van der Waals surface area contributed by atoms with Crippen LogP contribution in [0.25, 0.3) is 0 Å². The summed E-state index contributed by atoms with van der Waals surface area (Å²) in [7, 11) is 0. The standard InChI is InChI=1S/C32H40F3N5O5/c1-32(2)19-15-40(30(44)23(11-16-6-7-16)37-25-20(34)13-18(33)14-21(25)35)26(24(19)32)29(43)38-22(12-17-5-3-8-36-28(17)42)27(41)31(45)39-9-4-10-39/h13-14,16-17,19,22-24,26,37H,3-12,15H2,1-2H3,(H,36,42)(H,38,43)/t17-,19-,22-,23+,24-,26-/m0/s1. The van der Waals surface area contributed by atoms with Crippen LogP contribution < -0.4 is 16.0 Å². The number of anilines is 1. The number of nitrogens with zero attached hydrogens (tertiary/aromatic N) is 2. The molecule has 1 aromatic rings. The highest BCUT2D eigenvalue weighted by Gasteiger charge is 2.69. The molecule has 5 fully saturated rings. The number of likely N-dealkylation sites (tertiary alicyclic amines) is 2. The number of fused-ring (bicyclic) bond motifs is 1. The van der Waals surface area contributed by atoms with E-state index >= 15 is 0 Å². The van der Waals surface area contributed by atoms with Gasteiger partial charge in [-0.1, -0.05) is 26.7 Å². The monoisotopic (exact) mass is 631 g/mol. The van der Waals surface area contributed by atoms with Crippen molar-refractivity contribution in [3.05, 3.63) is 29.6 Å². The maximum absolute atomic E-state index is 14.6. The van der Waals surface area contributed by atoms with Gasteiger partial charge in [0, 0.05) is 44.2 Å². The van der Waals surface area contributed by atoms with Crippen molar-refractivity contribution in [1.29, 1.82) is 0 Å². The van der Waals surface area contributed by atoms with Crippen LogP contribution in [0.3, 0.4) is 0 Å². The molecule has 1 aromatic carbocycles. The first-order valence-electron chi connectivity index (χ1n) is 16.0. The van der Waals surface area contributed by atoms with Crippen molar-refractivity contribution < 1.29 is 37.1 Å². The Kier molecular flexibility index (Phi) is 8.32. The molecule has 2 aliphatic carbocycles. The minimum Gasteiger partial charge on any atom is -0.369 e. The first-order chi connectivity index (χ1) is 21.4. The van der Waals surface area contributed by atoms with Crippen LogP contribution in [0.4, 0.5) is 18.9 Å². The summed E-state index contributed by atoms with van der Waals surface area (Å²) >= 11 is 0. The molecule has 13 heteroatoms. The zero-order chi connectivity index (χ0) is 32.2. The number of hydrogen-bond donors (Lipinski definition) is 3. The third kappa shape index (κ3) is 6.14. The van der Waals surface area contributed by atoms with E-state index in [0.717, 1.165) is 19.3 Å². The van der Waals surface area contributed by atoms with Gasteiger partial charge in [-0.2, -0.15) is 0 Å². The van der Waals surface area contributed by atoms with E-state index in [1.807, 2.05) is 13.8 Å². The molecule has 10 nitrogen and oxygen atoms in total. The lowest BCUT2D eigenvalue weighted by Gasteiger charge is -2.35. The van der Waals surface area contributed by atoms with Gasteiger partial charge in [0.1, 0.15) is 23.6 Å². The quantitative estimate of drug-likeness (QED) is 0.322. The third-order valence-electron chi connectivity index (χ3n) is 10.6. The van der Waals surface area contributed by atoms with E-state index in [0.29, 0.717) is 44.6 Å². The molecule has 244 valence electrons. The van der Waals surface area contributed by atoms with Gasteiger partial charge < -0.3 is 25.8 Å². The number of halogens is 3. The van der Waals surface area contributed by atoms with Crippen molar-refractivity contribution in [2.45, 2.75) is 76.9 Å². The zero-order valence-electron chi connectivity index (χ0n) is 25.5. The van der Waals surface area contributed by atoms with E-state index in [2.05, 4.69) is 16.0 Å². The molecule has 3 saturated heterocycles. The van der Waals surface area contributed by atoms with Crippen LogP contribution in [0, 0.1) is 46.5 Å². The Morgan fingerprint density at radius 3 is 2.29 bits per heavy atom. The Hall–Kier alpha value is -3.64. The molecule has 0 bridgehead atoms. The first kappa shape index (κ1) is 31.3. The molecule has 5 aliphatic rings. The van der Waals surface area contributed by atoms with Gasteiger partial charge in [0.25, 0.3) is 5.91 Å². The molecule has 6 rings (SSSR count). The summed E-state index contributed by atoms with van der Waals surface area (Å²) in [5.74, 6) is -6.91. The van der Waals surface area contributed by atoms with Crippen molar-refractivity contribution in [1.82, 2.24) is 20.4 Å². The highest BCUT2D eigenvalue weighted by molar-refractivity contribution is 6.38. The van der Waals surface area contributed by atoms with Gasteiger partial charge in [0.2, 0.25) is 23.5 Å². The predicted molar refractivity (Wildman–Crippen MR) is 156 cm³/mol. The van der Waals surface area contributed by atoms with Crippen molar-refractivity contribution in [2.75, 3.05) is 31.5 Å². The zero-order valence-corrected chi connectivity index (χ0v) is 25.5. The van der Waals surface area contributed by atoms with Crippen molar-refractivity contribution in [3.63, 3.8) is 0 Å². The van der Waals surface area contributed by atoms with E-state index in [-0.39, 0.29) is 48.5 Å². The summed E-state index contributed by atoms with van der Waals surface area (Å²) in [5.41, 5.74) is -0.883. The van der Waals surface area contributed by atoms with Crippen LogP contribution in [0.1, 0.15) is 58.8 Å². The molecule has 6 atom stereocenters. The number of carbonyl (C=O) groups is 5. The lowest BCUT2D eigenvalue weighted by Crippen LogP contribution is -2.58. The molecule has 0 aromatic heterocycles. The molecule has 0 spiro atoms. The van der Waals surface area contributed by atoms with Gasteiger partial charge in [0.05, 0.1) is 6.04 Å². The topological polar surface area (TPSA) is 128 Å². The molecule has 45 heavy (non-hydrogen) atoms. The molecular weight excluding hydrogens is 591 g/mol. The molecule has 3 aliphatic heterocycles. The number of piperidine rings is 2. The molecule has 4 amide bonds. The number of hydrogen-bond acceptors (Lipinski definition) is 6. The number of rotatable bonds is 11. The maximum Gasteiger partial charge on any atom is 0.292 e. The molecule has 3 heterocycles. The molecule has 2 saturated carbocycles. The van der Waals surface area contributed by atoms with E-state index in [1.54, 1.807) is 0 Å². The van der Waals surface area contributed by atoms with E-state index in [4.69, 9.17) is 0 Å². The largest absolute Gasteiger partial charge is 0.369 e. The summed E-state index contributed by atoms with van der Waals surface area (Å²) in [6.45, 7) is 5.64. The predicted octanol–water partition coefficient (Wildman–Crippen LogP) is 2.37. The molecule has 3 N–H and O–H groups in total. The maximum atomic E-state index is 14.6. The average Bonchev–Trinajstić information content (AvgIpc) is 3.80. The van der Waals surface area contributed by atoms with Gasteiger partial charge in [-0.3, -0.25) is 24.0 Å². The number of nitrogens with one attached hydrogen (secondary N) is 3. The van der Waals surface area contributed by atoms with Gasteiger partial charge in [0.15, 0.2) is 11.6 Å². The summed E-state index contributed by atoms with van der Waals surface area (Å²) in [6.07, 6.45) is 3.94. The minimum absolute atomic E-state index is 0.0148. The van der Waals surface area contributed by atoms with E-state index < -0.39 is 70.7 Å². The van der Waals surface area contributed by atoms with Crippen LogP contribution in [-0.4, -0.2) is 83.5 Å². The van der Waals surface area contributed by atoms with Crippen LogP contribution >= 0.6 is 0 Å². The minimum atomic E-state index is -1.25. The van der Waals surface area contributed by atoms with Crippen molar-refractivity contribution in [3.8, 4) is 0 Å². The lowest BCUT2D eigenvalue weighted by molar-refractivity contribution is -0.149. The smallest absolute Gasteiger partial charge is 0.292 e. The van der Waals surface area contributed by atoms with Gasteiger partial charge >= 0.3 is 0 Å². The van der Waals surface area contributed by atoms with E-state index in [1.165, 1.54) is 9.80 Å². The second-order valence-electron chi connectivity index (χ2n) is 13.9. The highest BCUT2D eigenvalue weighted by Crippen LogP contribution is 2.65. The summed E-state index contributed by atoms with van der Waals surface area (Å²) in [5, 5.41) is 8.21. The Morgan fingerprint density at radius 2 is 1.69 bits per heavy atom. The fraction of sp³-hybridized carbons (Fsp3) is 0.656. The van der Waals surface area contributed by atoms with Crippen LogP contribution in [0.5, 0.6) is 0 Å². The van der Waals surface area contributed by atoms with Gasteiger partial charge in [-0.25, -0.2) is 13.2 Å². The third-order valence-corrected chi connectivity index (χ3v) is 10.6. The van der Waals surface area contributed by atoms with Crippen LogP contribution in [0.15, 0.2) is 12.1 Å². The second-order valence-corrected chi connectivity index (χ2v) is 13.9. The molecular formula is C32H40F3N5O5. The number of Topliss-reactive ketones (excluding diaryl/α,β-unsaturated/α-hetero) is 1. The van der Waals surface area contributed by atoms with Gasteiger partial charge in [-0.05, 0) is 55.3 Å². The lowest BCUT2D eigenvalue weighted by atomic mass is 9.89. The molecule has 0 unspecified atom stereocenters. The summed E-state index contributed by atoms with van der Waals surface area (Å²) in [4.78, 5) is 70.0. The fourth-order valence-corrected chi connectivity index (χ4v) is 7.43. The Bertz CT molecular complexity index is 1390. The number of carbonyl (C=O) groups excluding carboxylic acids is 5. The van der Waals surface area contributed by atoms with Crippen molar-refractivity contribution >= 4 is 35.1 Å². The first-order valence-corrected chi connectivity index (χ1v) is 16.0. The highest BCUT2D eigenvalue weighted by atomic mass is 19.1. The fourth-order valence-electron chi connectivity index (χ4n) is 7.43. The van der Waals surface area contributed by atoms with Gasteiger partial charge in [-0.15, -0.1) is 0 Å². The number of ketones is 1. The van der Waals surface area contributed by atoms with Crippen molar-refractivity contribution in [2.24, 2.45) is 29.1 Å². The van der Waals surface area contributed by atoms with E-state index in [9.17, 15) is 37.1 Å². The normalized spacial score (nSPS) is 27.9. The SMILES string of the molecule is CC1(C)[C@@H]2[C@@H](C(=O)N[C@@H](C[C@@H]3CCCNC3=O)C(=O)C(=O)N3CCC3)N(C(=O)[C@@H](CC3CC3)Nc3c(F)cc(F)cc3F)C[C@@H]21. The Morgan fingerprint density at radius 1 is 1.00 bits per heavy atom. The van der Waals surface area contributed by atoms with Crippen LogP contribution in [-0.2, 0) is 24.0 Å². The number of amides is 4. The number of benzene rings is 1. The molecule has 0 radical (unpaired) electrons. The Balaban J connectivity index is 1.24. The summed E-state index contributed by atoms with van der Waals surface area (Å²) in [6, 6.07) is -2.23. The second kappa shape index (κ2) is 11.9. The Labute approximate surface area is 259 Å². The summed E-state index contributed by atoms with van der Waals surface area (Å²) < 4.78 is 42.8.